The Morgan fingerprint density at radius 3 is 2.72 bits per heavy atom. The van der Waals surface area contributed by atoms with E-state index < -0.39 is 13.0 Å². The Bertz CT molecular complexity index is 376. The fourth-order valence-electron chi connectivity index (χ4n) is 1.50. The van der Waals surface area contributed by atoms with Gasteiger partial charge in [0.1, 0.15) is 12.4 Å². The minimum atomic E-state index is -2.46. The third-order valence-corrected chi connectivity index (χ3v) is 3.28. The SMILES string of the molecule is NC(CCOCC(F)F)Cc1cccc(F)c1Br. The van der Waals surface area contributed by atoms with E-state index in [4.69, 9.17) is 10.5 Å². The third-order valence-electron chi connectivity index (χ3n) is 2.39. The largest absolute Gasteiger partial charge is 0.375 e. The molecule has 0 aromatic heterocycles. The monoisotopic (exact) mass is 325 g/mol. The summed E-state index contributed by atoms with van der Waals surface area (Å²) >= 11 is 3.15. The molecule has 1 aromatic carbocycles. The first-order valence-corrected chi connectivity index (χ1v) is 6.34. The summed E-state index contributed by atoms with van der Waals surface area (Å²) in [6.07, 6.45) is -1.54. The van der Waals surface area contributed by atoms with E-state index in [0.29, 0.717) is 17.3 Å². The van der Waals surface area contributed by atoms with Crippen LogP contribution in [0.15, 0.2) is 22.7 Å². The molecule has 0 aliphatic heterocycles. The zero-order valence-electron chi connectivity index (χ0n) is 9.71. The fraction of sp³-hybridized carbons (Fsp3) is 0.500. The van der Waals surface area contributed by atoms with Gasteiger partial charge in [-0.15, -0.1) is 0 Å². The summed E-state index contributed by atoms with van der Waals surface area (Å²) in [6, 6.07) is 4.48. The molecule has 18 heavy (non-hydrogen) atoms. The number of hydrogen-bond acceptors (Lipinski definition) is 2. The normalized spacial score (nSPS) is 13.0. The van der Waals surface area contributed by atoms with Crippen LogP contribution < -0.4 is 5.73 Å². The predicted octanol–water partition coefficient (Wildman–Crippen LogP) is 3.13. The summed E-state index contributed by atoms with van der Waals surface area (Å²) in [4.78, 5) is 0. The Morgan fingerprint density at radius 2 is 2.06 bits per heavy atom. The standard InChI is InChI=1S/C12H15BrF3NO/c13-12-8(2-1-3-10(12)14)6-9(17)4-5-18-7-11(15)16/h1-3,9,11H,4-7,17H2. The first-order valence-electron chi connectivity index (χ1n) is 5.55. The van der Waals surface area contributed by atoms with E-state index >= 15 is 0 Å². The van der Waals surface area contributed by atoms with E-state index in [1.807, 2.05) is 0 Å². The molecule has 0 saturated carbocycles. The van der Waals surface area contributed by atoms with Gasteiger partial charge in [0.15, 0.2) is 0 Å². The molecule has 1 unspecified atom stereocenters. The zero-order valence-corrected chi connectivity index (χ0v) is 11.3. The highest BCUT2D eigenvalue weighted by Crippen LogP contribution is 2.21. The second-order valence-electron chi connectivity index (χ2n) is 3.93. The lowest BCUT2D eigenvalue weighted by Gasteiger charge is -2.13. The molecule has 2 N–H and O–H groups in total. The summed E-state index contributed by atoms with van der Waals surface area (Å²) in [5, 5.41) is 0. The maximum absolute atomic E-state index is 13.2. The molecule has 6 heteroatoms. The molecule has 1 rings (SSSR count). The van der Waals surface area contributed by atoms with Crippen LogP contribution in [0.1, 0.15) is 12.0 Å². The van der Waals surface area contributed by atoms with E-state index in [0.717, 1.165) is 5.56 Å². The number of alkyl halides is 2. The van der Waals surface area contributed by atoms with Gasteiger partial charge in [0.05, 0.1) is 4.47 Å². The molecule has 0 radical (unpaired) electrons. The number of rotatable bonds is 7. The minimum absolute atomic E-state index is 0.179. The second kappa shape index (κ2) is 7.76. The Labute approximate surface area is 112 Å². The van der Waals surface area contributed by atoms with Crippen molar-refractivity contribution in [3.05, 3.63) is 34.1 Å². The Morgan fingerprint density at radius 1 is 1.33 bits per heavy atom. The van der Waals surface area contributed by atoms with Crippen molar-refractivity contribution in [3.8, 4) is 0 Å². The summed E-state index contributed by atoms with van der Waals surface area (Å²) in [5.41, 5.74) is 6.59. The lowest BCUT2D eigenvalue weighted by atomic mass is 10.0. The van der Waals surface area contributed by atoms with Gasteiger partial charge in [0.2, 0.25) is 0 Å². The van der Waals surface area contributed by atoms with Crippen LogP contribution in [-0.4, -0.2) is 25.7 Å². The van der Waals surface area contributed by atoms with Crippen molar-refractivity contribution in [1.82, 2.24) is 0 Å². The lowest BCUT2D eigenvalue weighted by Crippen LogP contribution is -2.25. The second-order valence-corrected chi connectivity index (χ2v) is 4.72. The first kappa shape index (κ1) is 15.5. The van der Waals surface area contributed by atoms with Gasteiger partial charge in [-0.1, -0.05) is 12.1 Å². The Kier molecular flexibility index (Phi) is 6.67. The quantitative estimate of drug-likeness (QED) is 0.782. The molecule has 1 atom stereocenters. The average molecular weight is 326 g/mol. The van der Waals surface area contributed by atoms with Crippen LogP contribution in [0.5, 0.6) is 0 Å². The molecule has 0 bridgehead atoms. The van der Waals surface area contributed by atoms with Gasteiger partial charge < -0.3 is 10.5 Å². The van der Waals surface area contributed by atoms with E-state index in [9.17, 15) is 13.2 Å². The number of benzene rings is 1. The highest BCUT2D eigenvalue weighted by Gasteiger charge is 2.10. The van der Waals surface area contributed by atoms with Crippen molar-refractivity contribution >= 4 is 15.9 Å². The smallest absolute Gasteiger partial charge is 0.261 e. The van der Waals surface area contributed by atoms with Crippen LogP contribution in [0.3, 0.4) is 0 Å². The van der Waals surface area contributed by atoms with Gasteiger partial charge in [-0.2, -0.15) is 0 Å². The van der Waals surface area contributed by atoms with Gasteiger partial charge in [-0.05, 0) is 40.4 Å². The number of hydrogen-bond donors (Lipinski definition) is 1. The summed E-state index contributed by atoms with van der Waals surface area (Å²) < 4.78 is 42.0. The van der Waals surface area contributed by atoms with Gasteiger partial charge >= 0.3 is 0 Å². The van der Waals surface area contributed by atoms with Crippen molar-refractivity contribution in [2.24, 2.45) is 5.73 Å². The van der Waals surface area contributed by atoms with E-state index in [1.54, 1.807) is 12.1 Å². The zero-order chi connectivity index (χ0) is 13.5. The molecule has 0 aliphatic carbocycles. The molecule has 0 heterocycles. The molecule has 0 fully saturated rings. The lowest BCUT2D eigenvalue weighted by molar-refractivity contribution is 0.0153. The molecular formula is C12H15BrF3NO. The van der Waals surface area contributed by atoms with Crippen LogP contribution in [0.4, 0.5) is 13.2 Å². The van der Waals surface area contributed by atoms with Gasteiger partial charge in [-0.25, -0.2) is 13.2 Å². The van der Waals surface area contributed by atoms with Crippen LogP contribution >= 0.6 is 15.9 Å². The van der Waals surface area contributed by atoms with Crippen LogP contribution in [-0.2, 0) is 11.2 Å². The average Bonchev–Trinajstić information content (AvgIpc) is 2.30. The third kappa shape index (κ3) is 5.37. The van der Waals surface area contributed by atoms with Crippen LogP contribution in [0.25, 0.3) is 0 Å². The van der Waals surface area contributed by atoms with E-state index in [2.05, 4.69) is 15.9 Å². The topological polar surface area (TPSA) is 35.2 Å². The summed E-state index contributed by atoms with van der Waals surface area (Å²) in [6.45, 7) is -0.394. The molecule has 0 amide bonds. The predicted molar refractivity (Wildman–Crippen MR) is 67.2 cm³/mol. The van der Waals surface area contributed by atoms with Crippen molar-refractivity contribution in [1.29, 1.82) is 0 Å². The van der Waals surface area contributed by atoms with Crippen molar-refractivity contribution in [2.45, 2.75) is 25.3 Å². The molecule has 102 valence electrons. The number of nitrogens with two attached hydrogens (primary N) is 1. The molecule has 1 aromatic rings. The van der Waals surface area contributed by atoms with Gasteiger partial charge in [0, 0.05) is 12.6 Å². The summed E-state index contributed by atoms with van der Waals surface area (Å²) in [5.74, 6) is -0.339. The maximum atomic E-state index is 13.2. The molecule has 0 saturated heterocycles. The minimum Gasteiger partial charge on any atom is -0.375 e. The van der Waals surface area contributed by atoms with E-state index in [1.165, 1.54) is 6.07 Å². The highest BCUT2D eigenvalue weighted by atomic mass is 79.9. The fourth-order valence-corrected chi connectivity index (χ4v) is 1.92. The summed E-state index contributed by atoms with van der Waals surface area (Å²) in [7, 11) is 0. The van der Waals surface area contributed by atoms with E-state index in [-0.39, 0.29) is 18.5 Å². The first-order chi connectivity index (χ1) is 8.50. The van der Waals surface area contributed by atoms with Crippen LogP contribution in [0, 0.1) is 5.82 Å². The number of ether oxygens (including phenoxy) is 1. The molecule has 0 spiro atoms. The van der Waals surface area contributed by atoms with Crippen molar-refractivity contribution in [2.75, 3.05) is 13.2 Å². The van der Waals surface area contributed by atoms with Crippen molar-refractivity contribution in [3.63, 3.8) is 0 Å². The molecule has 0 aliphatic rings. The van der Waals surface area contributed by atoms with Crippen LogP contribution in [0.2, 0.25) is 0 Å². The Balaban J connectivity index is 2.35. The molecule has 2 nitrogen and oxygen atoms in total. The highest BCUT2D eigenvalue weighted by molar-refractivity contribution is 9.10. The van der Waals surface area contributed by atoms with Gasteiger partial charge in [-0.3, -0.25) is 0 Å². The Hall–Kier alpha value is -0.590. The number of halogens is 4. The maximum Gasteiger partial charge on any atom is 0.261 e. The van der Waals surface area contributed by atoms with Crippen molar-refractivity contribution < 1.29 is 17.9 Å². The molecular weight excluding hydrogens is 311 g/mol. The van der Waals surface area contributed by atoms with Gasteiger partial charge in [0.25, 0.3) is 6.43 Å².